The molecule has 4 rings (SSSR count). The Kier molecular flexibility index (Phi) is 5.97. The van der Waals surface area contributed by atoms with Gasteiger partial charge in [-0.15, -0.1) is 0 Å². The van der Waals surface area contributed by atoms with Gasteiger partial charge in [0, 0.05) is 11.6 Å². The minimum Gasteiger partial charge on any atom is -0.464 e. The highest BCUT2D eigenvalue weighted by atomic mass is 35.5. The van der Waals surface area contributed by atoms with Crippen molar-refractivity contribution in [1.29, 1.82) is 0 Å². The minimum absolute atomic E-state index is 0.125. The van der Waals surface area contributed by atoms with Gasteiger partial charge < -0.3 is 14.0 Å². The molecule has 1 fully saturated rings. The molecule has 3 heterocycles. The fraction of sp³-hybridized carbons (Fsp3) is 0.429. The van der Waals surface area contributed by atoms with Crippen LogP contribution in [0.15, 0.2) is 40.2 Å². The minimum atomic E-state index is -0.787. The second-order valence-electron chi connectivity index (χ2n) is 7.40. The van der Waals surface area contributed by atoms with Gasteiger partial charge in [-0.1, -0.05) is 11.6 Å². The highest BCUT2D eigenvalue weighted by Gasteiger charge is 2.26. The molecule has 9 nitrogen and oxygen atoms in total. The predicted octanol–water partition coefficient (Wildman–Crippen LogP) is 2.31. The lowest BCUT2D eigenvalue weighted by atomic mass is 10.2. The maximum absolute atomic E-state index is 13.4. The van der Waals surface area contributed by atoms with Gasteiger partial charge in [0.25, 0.3) is 5.56 Å². The fourth-order valence-electron chi connectivity index (χ4n) is 3.79. The summed E-state index contributed by atoms with van der Waals surface area (Å²) in [5.41, 5.74) is -0.224. The summed E-state index contributed by atoms with van der Waals surface area (Å²) in [7, 11) is 0. The smallest absolute Gasteiger partial charge is 0.337 e. The molecule has 0 bridgehead atoms. The zero-order valence-electron chi connectivity index (χ0n) is 17.3. The third-order valence-electron chi connectivity index (χ3n) is 5.40. The summed E-state index contributed by atoms with van der Waals surface area (Å²) in [5, 5.41) is 0.516. The fourth-order valence-corrected chi connectivity index (χ4v) is 3.92. The lowest BCUT2D eigenvalue weighted by molar-refractivity contribution is -0.146. The van der Waals surface area contributed by atoms with Crippen molar-refractivity contribution >= 4 is 28.7 Å². The second-order valence-corrected chi connectivity index (χ2v) is 7.83. The van der Waals surface area contributed by atoms with E-state index < -0.39 is 23.3 Å². The third kappa shape index (κ3) is 3.90. The number of hydrogen-bond acceptors (Lipinski definition) is 6. The topological polar surface area (TPSA) is 97.4 Å². The van der Waals surface area contributed by atoms with Crippen LogP contribution in [0.4, 0.5) is 0 Å². The van der Waals surface area contributed by atoms with Crippen LogP contribution in [0.1, 0.15) is 32.7 Å². The van der Waals surface area contributed by atoms with E-state index in [9.17, 15) is 14.4 Å². The monoisotopic (exact) mass is 446 g/mol. The van der Waals surface area contributed by atoms with Crippen molar-refractivity contribution in [2.24, 2.45) is 0 Å². The van der Waals surface area contributed by atoms with Crippen LogP contribution in [0.3, 0.4) is 0 Å². The normalized spacial score (nSPS) is 17.2. The molecule has 3 aromatic rings. The van der Waals surface area contributed by atoms with Gasteiger partial charge >= 0.3 is 11.7 Å². The Morgan fingerprint density at radius 3 is 2.71 bits per heavy atom. The van der Waals surface area contributed by atoms with E-state index >= 15 is 0 Å². The second kappa shape index (κ2) is 8.68. The lowest BCUT2D eigenvalue weighted by Gasteiger charge is -2.17. The van der Waals surface area contributed by atoms with Gasteiger partial charge in [-0.2, -0.15) is 0 Å². The van der Waals surface area contributed by atoms with Gasteiger partial charge in [-0.05, 0) is 51.0 Å². The lowest BCUT2D eigenvalue weighted by Crippen LogP contribution is -2.42. The molecule has 1 aliphatic rings. The van der Waals surface area contributed by atoms with Gasteiger partial charge in [-0.25, -0.2) is 19.1 Å². The van der Waals surface area contributed by atoms with Gasteiger partial charge in [0.1, 0.15) is 6.04 Å². The first-order valence-corrected chi connectivity index (χ1v) is 10.6. The Morgan fingerprint density at radius 1 is 1.32 bits per heavy atom. The van der Waals surface area contributed by atoms with Crippen molar-refractivity contribution < 1.29 is 14.3 Å². The van der Waals surface area contributed by atoms with E-state index in [0.717, 1.165) is 17.4 Å². The Morgan fingerprint density at radius 2 is 2.06 bits per heavy atom. The molecule has 10 heteroatoms. The van der Waals surface area contributed by atoms with E-state index in [4.69, 9.17) is 21.1 Å². The summed E-state index contributed by atoms with van der Waals surface area (Å²) in [5.74, 6) is -0.490. The molecule has 31 heavy (non-hydrogen) atoms. The van der Waals surface area contributed by atoms with E-state index in [2.05, 4.69) is 4.98 Å². The number of imidazole rings is 1. The van der Waals surface area contributed by atoms with Gasteiger partial charge in [0.05, 0.1) is 31.3 Å². The number of hydrogen-bond donors (Lipinski definition) is 0. The number of nitrogens with zero attached hydrogens (tertiary/aromatic N) is 4. The largest absolute Gasteiger partial charge is 0.464 e. The Hall–Kier alpha value is -2.91. The van der Waals surface area contributed by atoms with E-state index in [-0.39, 0.29) is 30.4 Å². The molecule has 0 radical (unpaired) electrons. The van der Waals surface area contributed by atoms with Crippen LogP contribution in [-0.2, 0) is 20.8 Å². The quantitative estimate of drug-likeness (QED) is 0.539. The first-order valence-electron chi connectivity index (χ1n) is 10.2. The van der Waals surface area contributed by atoms with Gasteiger partial charge in [0.2, 0.25) is 0 Å². The molecule has 2 atom stereocenters. The molecule has 1 saturated heterocycles. The predicted molar refractivity (Wildman–Crippen MR) is 115 cm³/mol. The molecule has 2 aromatic heterocycles. The molecule has 0 aliphatic carbocycles. The highest BCUT2D eigenvalue weighted by Crippen LogP contribution is 2.20. The highest BCUT2D eigenvalue weighted by molar-refractivity contribution is 6.30. The summed E-state index contributed by atoms with van der Waals surface area (Å²) in [6, 6.07) is 5.88. The molecule has 2 unspecified atom stereocenters. The Bertz CT molecular complexity index is 1220. The number of carbonyl (C=O) groups excluding carboxylic acids is 1. The number of benzene rings is 1. The molecular formula is C21H23ClN4O5. The van der Waals surface area contributed by atoms with Crippen molar-refractivity contribution in [3.05, 3.63) is 56.5 Å². The van der Waals surface area contributed by atoms with Crippen molar-refractivity contribution in [3.8, 4) is 5.69 Å². The molecule has 0 N–H and O–H groups in total. The maximum atomic E-state index is 13.4. The van der Waals surface area contributed by atoms with Crippen molar-refractivity contribution in [2.45, 2.75) is 45.4 Å². The standard InChI is InChI=1S/C21H23ClN4O5/c1-3-30-20(28)13(2)25-12-23-18-17(25)19(27)24(11-16-5-4-10-31-16)21(29)26(18)15-8-6-14(22)7-9-15/h6-9,12-13,16H,3-5,10-11H2,1-2H3. The van der Waals surface area contributed by atoms with Gasteiger partial charge in [0.15, 0.2) is 11.2 Å². The average Bonchev–Trinajstić information content (AvgIpc) is 3.42. The van der Waals surface area contributed by atoms with Crippen molar-refractivity contribution in [1.82, 2.24) is 18.7 Å². The summed E-state index contributed by atoms with van der Waals surface area (Å²) in [6.45, 7) is 4.28. The van der Waals surface area contributed by atoms with E-state index in [1.54, 1.807) is 38.1 Å². The van der Waals surface area contributed by atoms with Crippen molar-refractivity contribution in [3.63, 3.8) is 0 Å². The summed E-state index contributed by atoms with van der Waals surface area (Å²) in [4.78, 5) is 43.4. The molecule has 0 spiro atoms. The zero-order chi connectivity index (χ0) is 22.1. The van der Waals surface area contributed by atoms with Crippen LogP contribution >= 0.6 is 11.6 Å². The molecule has 164 valence electrons. The van der Waals surface area contributed by atoms with E-state index in [0.29, 0.717) is 17.3 Å². The number of halogens is 1. The molecule has 0 saturated carbocycles. The third-order valence-corrected chi connectivity index (χ3v) is 5.65. The van der Waals surface area contributed by atoms with E-state index in [1.165, 1.54) is 15.5 Å². The van der Waals surface area contributed by atoms with Crippen LogP contribution in [0.2, 0.25) is 5.02 Å². The van der Waals surface area contributed by atoms with E-state index in [1.807, 2.05) is 0 Å². The van der Waals surface area contributed by atoms with Crippen LogP contribution in [-0.4, -0.2) is 44.0 Å². The number of ether oxygens (including phenoxy) is 2. The Balaban J connectivity index is 1.96. The summed E-state index contributed by atoms with van der Waals surface area (Å²) >= 11 is 6.01. The number of rotatable bonds is 6. The van der Waals surface area contributed by atoms with Crippen molar-refractivity contribution in [2.75, 3.05) is 13.2 Å². The average molecular weight is 447 g/mol. The Labute approximate surface area is 182 Å². The van der Waals surface area contributed by atoms with Crippen LogP contribution < -0.4 is 11.2 Å². The zero-order valence-corrected chi connectivity index (χ0v) is 18.0. The van der Waals surface area contributed by atoms with Crippen LogP contribution in [0, 0.1) is 0 Å². The molecule has 0 amide bonds. The maximum Gasteiger partial charge on any atom is 0.337 e. The number of carbonyl (C=O) groups is 1. The summed E-state index contributed by atoms with van der Waals surface area (Å²) < 4.78 is 14.7. The van der Waals surface area contributed by atoms with Crippen LogP contribution in [0.25, 0.3) is 16.9 Å². The summed E-state index contributed by atoms with van der Waals surface area (Å²) in [6.07, 6.45) is 2.81. The molecular weight excluding hydrogens is 424 g/mol. The first-order chi connectivity index (χ1) is 14.9. The number of esters is 1. The van der Waals surface area contributed by atoms with Gasteiger partial charge in [-0.3, -0.25) is 9.36 Å². The van der Waals surface area contributed by atoms with Crippen LogP contribution in [0.5, 0.6) is 0 Å². The number of aromatic nitrogens is 4. The number of fused-ring (bicyclic) bond motifs is 1. The SMILES string of the molecule is CCOC(=O)C(C)n1cnc2c1c(=O)n(CC1CCCO1)c(=O)n2-c1ccc(Cl)cc1. The first kappa shape index (κ1) is 21.3. The molecule has 1 aliphatic heterocycles. The molecule has 1 aromatic carbocycles.